The lowest BCUT2D eigenvalue weighted by atomic mass is 10.0. The second kappa shape index (κ2) is 7.03. The molecule has 4 rings (SSSR count). The number of phenolic OH excluding ortho intramolecular Hbond substituents is 1. The van der Waals surface area contributed by atoms with Crippen molar-refractivity contribution in [2.75, 3.05) is 19.7 Å². The molecule has 28 heavy (non-hydrogen) atoms. The highest BCUT2D eigenvalue weighted by Crippen LogP contribution is 2.33. The van der Waals surface area contributed by atoms with Crippen LogP contribution >= 0.6 is 0 Å². The van der Waals surface area contributed by atoms with E-state index in [0.717, 1.165) is 33.5 Å². The average molecular weight is 377 g/mol. The number of aromatic nitrogens is 2. The lowest BCUT2D eigenvalue weighted by Crippen LogP contribution is -2.51. The Labute approximate surface area is 163 Å². The Hall–Kier alpha value is -3.28. The van der Waals surface area contributed by atoms with Crippen molar-refractivity contribution >= 4 is 11.4 Å². The summed E-state index contributed by atoms with van der Waals surface area (Å²) in [6.45, 7) is 9.23. The van der Waals surface area contributed by atoms with Crippen LogP contribution in [0.2, 0.25) is 0 Å². The summed E-state index contributed by atoms with van der Waals surface area (Å²) in [5.41, 5.74) is 4.58. The van der Waals surface area contributed by atoms with Gasteiger partial charge >= 0.3 is 0 Å². The van der Waals surface area contributed by atoms with Gasteiger partial charge in [-0.3, -0.25) is 4.79 Å². The van der Waals surface area contributed by atoms with E-state index in [1.165, 1.54) is 6.08 Å². The highest BCUT2D eigenvalue weighted by molar-refractivity contribution is 5.87. The molecule has 1 aliphatic rings. The smallest absolute Gasteiger partial charge is 0.245 e. The van der Waals surface area contributed by atoms with Gasteiger partial charge in [-0.25, -0.2) is 4.98 Å². The van der Waals surface area contributed by atoms with E-state index in [1.807, 2.05) is 42.6 Å². The van der Waals surface area contributed by atoms with Gasteiger partial charge in [0, 0.05) is 30.8 Å². The van der Waals surface area contributed by atoms with E-state index in [-0.39, 0.29) is 5.91 Å². The second-order valence-electron chi connectivity index (χ2n) is 7.36. The fraction of sp³-hybridized carbons (Fsp3) is 0.273. The molecule has 1 aromatic carbocycles. The van der Waals surface area contributed by atoms with Crippen molar-refractivity contribution in [1.29, 1.82) is 0 Å². The van der Waals surface area contributed by atoms with Gasteiger partial charge < -0.3 is 19.1 Å². The van der Waals surface area contributed by atoms with Crippen LogP contribution in [-0.4, -0.2) is 45.0 Å². The first-order chi connectivity index (χ1) is 13.5. The molecule has 0 radical (unpaired) electrons. The summed E-state index contributed by atoms with van der Waals surface area (Å²) in [5.74, 6) is 1.36. The number of nitrogens with zero attached hydrogens (tertiary/aromatic N) is 3. The number of carbonyl (C=O) groups is 1. The number of pyridine rings is 1. The van der Waals surface area contributed by atoms with Gasteiger partial charge in [0.25, 0.3) is 0 Å². The molecule has 2 aromatic heterocycles. The van der Waals surface area contributed by atoms with E-state index in [2.05, 4.69) is 11.6 Å². The number of fused-ring (bicyclic) bond motifs is 1. The summed E-state index contributed by atoms with van der Waals surface area (Å²) in [6.07, 6.45) is 6.88. The van der Waals surface area contributed by atoms with Crippen molar-refractivity contribution in [3.8, 4) is 22.6 Å². The van der Waals surface area contributed by atoms with Crippen LogP contribution in [0.5, 0.6) is 11.5 Å². The average Bonchev–Trinajstić information content (AvgIpc) is 3.12. The predicted molar refractivity (Wildman–Crippen MR) is 108 cm³/mol. The zero-order valence-corrected chi connectivity index (χ0v) is 16.1. The predicted octanol–water partition coefficient (Wildman–Crippen LogP) is 3.35. The fourth-order valence-electron chi connectivity index (χ4n) is 3.59. The molecule has 1 N–H and O–H groups in total. The van der Waals surface area contributed by atoms with Gasteiger partial charge in [0.1, 0.15) is 17.0 Å². The number of carbonyl (C=O) groups excluding carboxylic acids is 1. The standard InChI is InChI=1S/C22H23N3O3/c1-4-21(26)24-9-16(10-24)12-28-20-7-18(11-25-13-23-8-19(20)25)17-5-14(2)22(27)15(3)6-17/h4-8,11,13,16,27H,1,9-10,12H2,2-3H3. The molecular formula is C22H23N3O3. The Morgan fingerprint density at radius 1 is 1.29 bits per heavy atom. The molecule has 0 aliphatic carbocycles. The quantitative estimate of drug-likeness (QED) is 0.693. The molecule has 144 valence electrons. The molecule has 3 heterocycles. The molecule has 6 heteroatoms. The number of imidazole rings is 1. The van der Waals surface area contributed by atoms with Gasteiger partial charge in [-0.2, -0.15) is 0 Å². The third kappa shape index (κ3) is 3.22. The largest absolute Gasteiger partial charge is 0.507 e. The highest BCUT2D eigenvalue weighted by Gasteiger charge is 2.29. The molecule has 1 fully saturated rings. The molecule has 0 spiro atoms. The highest BCUT2D eigenvalue weighted by atomic mass is 16.5. The monoisotopic (exact) mass is 377 g/mol. The summed E-state index contributed by atoms with van der Waals surface area (Å²) in [6, 6.07) is 5.94. The van der Waals surface area contributed by atoms with E-state index in [9.17, 15) is 9.90 Å². The Morgan fingerprint density at radius 3 is 2.68 bits per heavy atom. The minimum atomic E-state index is -0.0329. The lowest BCUT2D eigenvalue weighted by molar-refractivity contribution is -0.132. The number of hydrogen-bond acceptors (Lipinski definition) is 4. The summed E-state index contributed by atoms with van der Waals surface area (Å²) in [4.78, 5) is 17.6. The maximum atomic E-state index is 11.6. The number of aryl methyl sites for hydroxylation is 2. The van der Waals surface area contributed by atoms with Crippen LogP contribution in [0, 0.1) is 19.8 Å². The van der Waals surface area contributed by atoms with Crippen LogP contribution in [0.4, 0.5) is 0 Å². The first kappa shape index (κ1) is 18.1. The number of aromatic hydroxyl groups is 1. The van der Waals surface area contributed by atoms with Crippen LogP contribution < -0.4 is 4.74 Å². The van der Waals surface area contributed by atoms with Crippen LogP contribution in [0.25, 0.3) is 16.6 Å². The van der Waals surface area contributed by atoms with E-state index in [0.29, 0.717) is 31.4 Å². The molecular weight excluding hydrogens is 354 g/mol. The van der Waals surface area contributed by atoms with E-state index in [4.69, 9.17) is 4.74 Å². The Morgan fingerprint density at radius 2 is 2.00 bits per heavy atom. The Bertz CT molecular complexity index is 1040. The maximum Gasteiger partial charge on any atom is 0.245 e. The van der Waals surface area contributed by atoms with Gasteiger partial charge in [-0.15, -0.1) is 0 Å². The molecule has 0 atom stereocenters. The van der Waals surface area contributed by atoms with Gasteiger partial charge in [-0.1, -0.05) is 6.58 Å². The first-order valence-corrected chi connectivity index (χ1v) is 9.26. The van der Waals surface area contributed by atoms with E-state index in [1.54, 1.807) is 17.4 Å². The SMILES string of the molecule is C=CC(=O)N1CC(COc2cc(-c3cc(C)c(O)c(C)c3)cn3cncc23)C1. The van der Waals surface area contributed by atoms with Crippen molar-refractivity contribution < 1.29 is 14.6 Å². The number of hydrogen-bond donors (Lipinski definition) is 1. The molecule has 0 bridgehead atoms. The molecule has 0 unspecified atom stereocenters. The number of benzene rings is 1. The number of ether oxygens (including phenoxy) is 1. The normalized spacial score (nSPS) is 14.1. The molecule has 3 aromatic rings. The van der Waals surface area contributed by atoms with Crippen molar-refractivity contribution in [1.82, 2.24) is 14.3 Å². The summed E-state index contributed by atoms with van der Waals surface area (Å²) >= 11 is 0. The van der Waals surface area contributed by atoms with Crippen molar-refractivity contribution in [2.24, 2.45) is 5.92 Å². The lowest BCUT2D eigenvalue weighted by Gasteiger charge is -2.38. The maximum absolute atomic E-state index is 11.6. The van der Waals surface area contributed by atoms with Gasteiger partial charge in [0.2, 0.25) is 5.91 Å². The molecule has 0 saturated carbocycles. The molecule has 6 nitrogen and oxygen atoms in total. The minimum absolute atomic E-state index is 0.0329. The van der Waals surface area contributed by atoms with Crippen molar-refractivity contribution in [3.63, 3.8) is 0 Å². The third-order valence-corrected chi connectivity index (χ3v) is 5.23. The molecule has 1 aliphatic heterocycles. The molecule has 1 saturated heterocycles. The number of likely N-dealkylation sites (tertiary alicyclic amines) is 1. The summed E-state index contributed by atoms with van der Waals surface area (Å²) in [5, 5.41) is 10.1. The van der Waals surface area contributed by atoms with Crippen molar-refractivity contribution in [2.45, 2.75) is 13.8 Å². The Balaban J connectivity index is 1.58. The van der Waals surface area contributed by atoms with Crippen LogP contribution in [0.1, 0.15) is 11.1 Å². The minimum Gasteiger partial charge on any atom is -0.507 e. The zero-order valence-electron chi connectivity index (χ0n) is 16.1. The summed E-state index contributed by atoms with van der Waals surface area (Å²) in [7, 11) is 0. The third-order valence-electron chi connectivity index (χ3n) is 5.23. The first-order valence-electron chi connectivity index (χ1n) is 9.26. The summed E-state index contributed by atoms with van der Waals surface area (Å²) < 4.78 is 8.06. The van der Waals surface area contributed by atoms with Crippen LogP contribution in [-0.2, 0) is 4.79 Å². The van der Waals surface area contributed by atoms with Gasteiger partial charge in [0.05, 0.1) is 19.1 Å². The van der Waals surface area contributed by atoms with Crippen LogP contribution in [0.3, 0.4) is 0 Å². The van der Waals surface area contributed by atoms with Crippen LogP contribution in [0.15, 0.2) is 49.6 Å². The zero-order chi connectivity index (χ0) is 19.8. The number of phenols is 1. The second-order valence-corrected chi connectivity index (χ2v) is 7.36. The van der Waals surface area contributed by atoms with Crippen molar-refractivity contribution in [3.05, 3.63) is 60.7 Å². The molecule has 1 amide bonds. The topological polar surface area (TPSA) is 67.1 Å². The number of amides is 1. The van der Waals surface area contributed by atoms with Gasteiger partial charge in [0.15, 0.2) is 0 Å². The van der Waals surface area contributed by atoms with E-state index < -0.39 is 0 Å². The Kier molecular flexibility index (Phi) is 4.55. The van der Waals surface area contributed by atoms with E-state index >= 15 is 0 Å². The number of rotatable bonds is 5. The van der Waals surface area contributed by atoms with Gasteiger partial charge in [-0.05, 0) is 54.8 Å². The fourth-order valence-corrected chi connectivity index (χ4v) is 3.59.